The Morgan fingerprint density at radius 3 is 2.32 bits per heavy atom. The lowest BCUT2D eigenvalue weighted by atomic mass is 10.1. The number of methoxy groups -OCH3 is 1. The van der Waals surface area contributed by atoms with Crippen LogP contribution in [-0.2, 0) is 14.8 Å². The molecule has 0 heterocycles. The van der Waals surface area contributed by atoms with E-state index >= 15 is 0 Å². The number of sulfonamides is 1. The highest BCUT2D eigenvalue weighted by Crippen LogP contribution is 2.24. The number of rotatable bonds is 6. The fourth-order valence-electron chi connectivity index (χ4n) is 2.82. The minimum atomic E-state index is -4.00. The quantitative estimate of drug-likeness (QED) is 0.588. The molecule has 0 saturated carbocycles. The lowest BCUT2D eigenvalue weighted by Gasteiger charge is -2.20. The minimum Gasteiger partial charge on any atom is -0.465 e. The second kappa shape index (κ2) is 8.97. The van der Waals surface area contributed by atoms with E-state index in [4.69, 9.17) is 4.74 Å². The van der Waals surface area contributed by atoms with E-state index in [0.717, 1.165) is 16.4 Å². The summed E-state index contributed by atoms with van der Waals surface area (Å²) in [5.41, 5.74) is 0.741. The molecule has 1 amide bonds. The van der Waals surface area contributed by atoms with Gasteiger partial charge in [0.05, 0.1) is 28.9 Å². The molecule has 31 heavy (non-hydrogen) atoms. The van der Waals surface area contributed by atoms with Crippen molar-refractivity contribution in [3.8, 4) is 0 Å². The van der Waals surface area contributed by atoms with Crippen molar-refractivity contribution in [1.82, 2.24) is 0 Å². The van der Waals surface area contributed by atoms with Crippen molar-refractivity contribution in [3.63, 3.8) is 0 Å². The summed E-state index contributed by atoms with van der Waals surface area (Å²) in [5, 5.41) is 2.60. The molecule has 0 aromatic heterocycles. The average molecular weight is 442 g/mol. The Balaban J connectivity index is 1.89. The number of carbonyl (C=O) groups excluding carboxylic acids is 2. The number of amides is 1. The first-order chi connectivity index (χ1) is 14.7. The maximum Gasteiger partial charge on any atom is 0.339 e. The van der Waals surface area contributed by atoms with Crippen LogP contribution in [0.25, 0.3) is 0 Å². The van der Waals surface area contributed by atoms with Gasteiger partial charge in [-0.3, -0.25) is 9.10 Å². The molecule has 0 aliphatic rings. The molecule has 0 spiro atoms. The molecule has 3 aromatic carbocycles. The molecule has 0 bridgehead atoms. The van der Waals surface area contributed by atoms with E-state index in [2.05, 4.69) is 5.32 Å². The zero-order valence-corrected chi connectivity index (χ0v) is 17.5. The number of nitrogens with one attached hydrogen (secondary N) is 1. The van der Waals surface area contributed by atoms with Gasteiger partial charge in [0.2, 0.25) is 0 Å². The molecule has 0 unspecified atom stereocenters. The van der Waals surface area contributed by atoms with Crippen LogP contribution in [0.3, 0.4) is 0 Å². The van der Waals surface area contributed by atoms with Crippen molar-refractivity contribution in [2.45, 2.75) is 4.90 Å². The van der Waals surface area contributed by atoms with Crippen molar-refractivity contribution in [3.05, 3.63) is 89.7 Å². The van der Waals surface area contributed by atoms with Gasteiger partial charge >= 0.3 is 5.97 Å². The molecule has 0 aliphatic carbocycles. The average Bonchev–Trinajstić information content (AvgIpc) is 2.79. The number of anilines is 2. The second-order valence-corrected chi connectivity index (χ2v) is 8.44. The van der Waals surface area contributed by atoms with Gasteiger partial charge in [0.15, 0.2) is 0 Å². The van der Waals surface area contributed by atoms with E-state index in [0.29, 0.717) is 0 Å². The highest BCUT2D eigenvalue weighted by Gasteiger charge is 2.23. The van der Waals surface area contributed by atoms with Gasteiger partial charge < -0.3 is 10.1 Å². The van der Waals surface area contributed by atoms with Crippen LogP contribution < -0.4 is 9.62 Å². The first-order valence-corrected chi connectivity index (χ1v) is 10.5. The van der Waals surface area contributed by atoms with Crippen LogP contribution >= 0.6 is 0 Å². The highest BCUT2D eigenvalue weighted by molar-refractivity contribution is 7.92. The van der Waals surface area contributed by atoms with Gasteiger partial charge in [0.1, 0.15) is 5.82 Å². The Labute approximate surface area is 179 Å². The molecule has 0 saturated heterocycles. The topological polar surface area (TPSA) is 92.8 Å². The number of hydrogen-bond donors (Lipinski definition) is 1. The van der Waals surface area contributed by atoms with Gasteiger partial charge in [0, 0.05) is 12.6 Å². The van der Waals surface area contributed by atoms with Crippen molar-refractivity contribution >= 4 is 33.3 Å². The largest absolute Gasteiger partial charge is 0.465 e. The molecule has 0 atom stereocenters. The molecule has 0 fully saturated rings. The van der Waals surface area contributed by atoms with Crippen LogP contribution in [0, 0.1) is 5.82 Å². The number of para-hydroxylation sites is 1. The molecular weight excluding hydrogens is 423 g/mol. The summed E-state index contributed by atoms with van der Waals surface area (Å²) in [7, 11) is -1.44. The van der Waals surface area contributed by atoms with Crippen LogP contribution in [0.4, 0.5) is 15.8 Å². The van der Waals surface area contributed by atoms with E-state index < -0.39 is 27.7 Å². The highest BCUT2D eigenvalue weighted by atomic mass is 32.2. The summed E-state index contributed by atoms with van der Waals surface area (Å²) in [6.07, 6.45) is 0. The van der Waals surface area contributed by atoms with Gasteiger partial charge in [-0.1, -0.05) is 18.2 Å². The Morgan fingerprint density at radius 1 is 0.968 bits per heavy atom. The van der Waals surface area contributed by atoms with Gasteiger partial charge in [0.25, 0.3) is 15.9 Å². The third kappa shape index (κ3) is 4.72. The van der Waals surface area contributed by atoms with E-state index in [1.165, 1.54) is 62.7 Å². The molecule has 160 valence electrons. The molecule has 9 heteroatoms. The second-order valence-electron chi connectivity index (χ2n) is 6.47. The van der Waals surface area contributed by atoms with E-state index in [1.54, 1.807) is 12.1 Å². The molecule has 1 N–H and O–H groups in total. The smallest absolute Gasteiger partial charge is 0.339 e. The number of benzene rings is 3. The monoisotopic (exact) mass is 442 g/mol. The van der Waals surface area contributed by atoms with E-state index in [-0.39, 0.29) is 27.4 Å². The van der Waals surface area contributed by atoms with Gasteiger partial charge in [-0.15, -0.1) is 0 Å². The third-order valence-electron chi connectivity index (χ3n) is 4.53. The molecule has 3 rings (SSSR count). The van der Waals surface area contributed by atoms with Crippen LogP contribution in [0.15, 0.2) is 77.7 Å². The Bertz CT molecular complexity index is 1230. The fraction of sp³-hybridized carbons (Fsp3) is 0.0909. The first-order valence-electron chi connectivity index (χ1n) is 9.07. The van der Waals surface area contributed by atoms with Crippen molar-refractivity contribution in [2.75, 3.05) is 23.8 Å². The predicted molar refractivity (Wildman–Crippen MR) is 114 cm³/mol. The van der Waals surface area contributed by atoms with Crippen molar-refractivity contribution in [1.29, 1.82) is 0 Å². The van der Waals surface area contributed by atoms with Crippen molar-refractivity contribution in [2.24, 2.45) is 0 Å². The standard InChI is InChI=1S/C22H19FN2O5S/c1-25(17-12-10-16(23)11-13-17)31(28,29)18-7-5-6-15(14-18)21(26)24-20-9-4-3-8-19(20)22(27)30-2/h3-14H,1-2H3,(H,24,26). The van der Waals surface area contributed by atoms with Crippen LogP contribution in [0.5, 0.6) is 0 Å². The summed E-state index contributed by atoms with van der Waals surface area (Å²) in [5.74, 6) is -1.70. The summed E-state index contributed by atoms with van der Waals surface area (Å²) >= 11 is 0. The molecule has 0 radical (unpaired) electrons. The summed E-state index contributed by atoms with van der Waals surface area (Å²) < 4.78 is 44.8. The zero-order valence-electron chi connectivity index (χ0n) is 16.7. The molecule has 3 aromatic rings. The maximum atomic E-state index is 13.1. The number of hydrogen-bond acceptors (Lipinski definition) is 5. The third-order valence-corrected chi connectivity index (χ3v) is 6.31. The number of nitrogens with zero attached hydrogens (tertiary/aromatic N) is 1. The fourth-order valence-corrected chi connectivity index (χ4v) is 4.06. The lowest BCUT2D eigenvalue weighted by Crippen LogP contribution is -2.27. The molecule has 0 aliphatic heterocycles. The van der Waals surface area contributed by atoms with Gasteiger partial charge in [-0.25, -0.2) is 17.6 Å². The van der Waals surface area contributed by atoms with Crippen LogP contribution in [0.1, 0.15) is 20.7 Å². The zero-order chi connectivity index (χ0) is 22.6. The van der Waals surface area contributed by atoms with Crippen LogP contribution in [-0.4, -0.2) is 34.5 Å². The maximum absolute atomic E-state index is 13.1. The van der Waals surface area contributed by atoms with E-state index in [1.807, 2.05) is 0 Å². The number of halogens is 1. The van der Waals surface area contributed by atoms with Gasteiger partial charge in [-0.2, -0.15) is 0 Å². The van der Waals surface area contributed by atoms with Gasteiger partial charge in [-0.05, 0) is 54.6 Å². The minimum absolute atomic E-state index is 0.0771. The first kappa shape index (κ1) is 22.0. The number of carbonyl (C=O) groups is 2. The molecule has 7 nitrogen and oxygen atoms in total. The predicted octanol–water partition coefficient (Wildman–Crippen LogP) is 3.69. The summed E-state index contributed by atoms with van der Waals surface area (Å²) in [6, 6.07) is 16.8. The van der Waals surface area contributed by atoms with Crippen molar-refractivity contribution < 1.29 is 27.1 Å². The molecular formula is C22H19FN2O5S. The number of esters is 1. The summed E-state index contributed by atoms with van der Waals surface area (Å²) in [4.78, 5) is 24.5. The number of ether oxygens (including phenoxy) is 1. The van der Waals surface area contributed by atoms with E-state index in [9.17, 15) is 22.4 Å². The normalized spacial score (nSPS) is 10.9. The lowest BCUT2D eigenvalue weighted by molar-refractivity contribution is 0.0602. The Kier molecular flexibility index (Phi) is 6.36. The SMILES string of the molecule is COC(=O)c1ccccc1NC(=O)c1cccc(S(=O)(=O)N(C)c2ccc(F)cc2)c1. The Morgan fingerprint density at radius 2 is 1.65 bits per heavy atom. The van der Waals surface area contributed by atoms with Crippen LogP contribution in [0.2, 0.25) is 0 Å². The summed E-state index contributed by atoms with van der Waals surface area (Å²) in [6.45, 7) is 0. The Hall–Kier alpha value is -3.72.